The summed E-state index contributed by atoms with van der Waals surface area (Å²) >= 11 is 0. The molecule has 0 saturated carbocycles. The lowest BCUT2D eigenvalue weighted by atomic mass is 9.84. The highest BCUT2D eigenvalue weighted by Gasteiger charge is 2.37. The zero-order valence-corrected chi connectivity index (χ0v) is 14.3. The fourth-order valence-electron chi connectivity index (χ4n) is 3.84. The Hall–Kier alpha value is -3.72. The average molecular weight is 350 g/mol. The molecule has 0 atom stereocenters. The molecule has 0 N–H and O–H groups in total. The minimum absolute atomic E-state index is 0.351. The Morgan fingerprint density at radius 2 is 0.815 bits per heavy atom. The summed E-state index contributed by atoms with van der Waals surface area (Å²) in [5.74, 6) is -1.17. The van der Waals surface area contributed by atoms with Crippen LogP contribution >= 0.6 is 0 Å². The van der Waals surface area contributed by atoms with Crippen molar-refractivity contribution in [1.29, 1.82) is 0 Å². The van der Waals surface area contributed by atoms with Crippen molar-refractivity contribution in [2.45, 2.75) is 0 Å². The SMILES string of the molecule is O=C1OC(=O)c2c1c(-c1ccccc1)c1ccccc1c2-c1ccccc1. The first kappa shape index (κ1) is 15.5. The van der Waals surface area contributed by atoms with Gasteiger partial charge in [-0.25, -0.2) is 9.59 Å². The van der Waals surface area contributed by atoms with Gasteiger partial charge in [0.15, 0.2) is 0 Å². The van der Waals surface area contributed by atoms with Crippen molar-refractivity contribution in [2.24, 2.45) is 0 Å². The molecule has 4 aromatic carbocycles. The van der Waals surface area contributed by atoms with Crippen molar-refractivity contribution in [3.8, 4) is 22.3 Å². The van der Waals surface area contributed by atoms with Gasteiger partial charge in [0.25, 0.3) is 0 Å². The van der Waals surface area contributed by atoms with Crippen LogP contribution in [0.3, 0.4) is 0 Å². The second kappa shape index (κ2) is 5.92. The molecule has 0 amide bonds. The van der Waals surface area contributed by atoms with Crippen LogP contribution in [0.4, 0.5) is 0 Å². The maximum atomic E-state index is 12.7. The van der Waals surface area contributed by atoms with Crippen LogP contribution in [-0.4, -0.2) is 11.9 Å². The number of benzene rings is 4. The zero-order chi connectivity index (χ0) is 18.4. The van der Waals surface area contributed by atoms with E-state index in [0.29, 0.717) is 11.1 Å². The number of ether oxygens (including phenoxy) is 1. The maximum Gasteiger partial charge on any atom is 0.347 e. The number of carbonyl (C=O) groups excluding carboxylic acids is 2. The van der Waals surface area contributed by atoms with Gasteiger partial charge >= 0.3 is 11.9 Å². The monoisotopic (exact) mass is 350 g/mol. The Balaban J connectivity index is 2.01. The van der Waals surface area contributed by atoms with E-state index < -0.39 is 11.9 Å². The molecule has 0 spiro atoms. The fourth-order valence-corrected chi connectivity index (χ4v) is 3.84. The van der Waals surface area contributed by atoms with E-state index in [4.69, 9.17) is 4.74 Å². The zero-order valence-electron chi connectivity index (χ0n) is 14.3. The van der Waals surface area contributed by atoms with E-state index in [9.17, 15) is 9.59 Å². The van der Waals surface area contributed by atoms with Crippen LogP contribution in [0.2, 0.25) is 0 Å². The second-order valence-electron chi connectivity index (χ2n) is 6.45. The fraction of sp³-hybridized carbons (Fsp3) is 0. The summed E-state index contributed by atoms with van der Waals surface area (Å²) in [5, 5.41) is 1.85. The Bertz CT molecular complexity index is 1110. The van der Waals surface area contributed by atoms with Gasteiger partial charge in [-0.15, -0.1) is 0 Å². The lowest BCUT2D eigenvalue weighted by Crippen LogP contribution is -2.01. The molecule has 0 aliphatic carbocycles. The molecule has 128 valence electrons. The molecule has 1 aliphatic heterocycles. The number of carbonyl (C=O) groups is 2. The standard InChI is InChI=1S/C24H14O3/c25-23-21-19(15-9-3-1-4-10-15)17-13-7-8-14-18(17)20(22(21)24(26)27-23)16-11-5-2-6-12-16/h1-14H. The summed E-state index contributed by atoms with van der Waals surface area (Å²) in [4.78, 5) is 25.3. The number of fused-ring (bicyclic) bond motifs is 2. The summed E-state index contributed by atoms with van der Waals surface area (Å²) in [5.41, 5.74) is 3.97. The third-order valence-electron chi connectivity index (χ3n) is 4.93. The first-order chi connectivity index (χ1) is 13.3. The summed E-state index contributed by atoms with van der Waals surface area (Å²) in [7, 11) is 0. The first-order valence-corrected chi connectivity index (χ1v) is 8.72. The number of rotatable bonds is 2. The highest BCUT2D eigenvalue weighted by molar-refractivity contribution is 6.27. The lowest BCUT2D eigenvalue weighted by Gasteiger charge is -2.16. The van der Waals surface area contributed by atoms with Gasteiger partial charge in [-0.1, -0.05) is 84.9 Å². The minimum Gasteiger partial charge on any atom is -0.386 e. The number of esters is 2. The number of hydrogen-bond acceptors (Lipinski definition) is 3. The first-order valence-electron chi connectivity index (χ1n) is 8.72. The molecule has 5 rings (SSSR count). The van der Waals surface area contributed by atoms with Crippen LogP contribution < -0.4 is 0 Å². The van der Waals surface area contributed by atoms with Gasteiger partial charge < -0.3 is 4.74 Å². The van der Waals surface area contributed by atoms with Gasteiger partial charge in [0.2, 0.25) is 0 Å². The number of hydrogen-bond donors (Lipinski definition) is 0. The van der Waals surface area contributed by atoms with Crippen molar-refractivity contribution in [3.05, 3.63) is 96.1 Å². The molecule has 3 heteroatoms. The Morgan fingerprint density at radius 1 is 0.444 bits per heavy atom. The quantitative estimate of drug-likeness (QED) is 0.355. The molecule has 1 heterocycles. The molecule has 0 unspecified atom stereocenters. The van der Waals surface area contributed by atoms with E-state index in [1.807, 2.05) is 84.9 Å². The maximum absolute atomic E-state index is 12.7. The lowest BCUT2D eigenvalue weighted by molar-refractivity contribution is 0.0444. The van der Waals surface area contributed by atoms with Gasteiger partial charge in [0.1, 0.15) is 0 Å². The summed E-state index contributed by atoms with van der Waals surface area (Å²) in [6.07, 6.45) is 0. The predicted octanol–water partition coefficient (Wildman–Crippen LogP) is 5.48. The van der Waals surface area contributed by atoms with Gasteiger partial charge in [-0.3, -0.25) is 0 Å². The molecule has 0 fully saturated rings. The van der Waals surface area contributed by atoms with E-state index in [2.05, 4.69) is 0 Å². The molecular formula is C24H14O3. The summed E-state index contributed by atoms with van der Waals surface area (Å²) in [6.45, 7) is 0. The normalized spacial score (nSPS) is 12.9. The van der Waals surface area contributed by atoms with Crippen molar-refractivity contribution < 1.29 is 14.3 Å². The van der Waals surface area contributed by atoms with Crippen LogP contribution in [0, 0.1) is 0 Å². The topological polar surface area (TPSA) is 43.4 Å². The molecule has 1 aliphatic rings. The summed E-state index contributed by atoms with van der Waals surface area (Å²) < 4.78 is 5.05. The van der Waals surface area contributed by atoms with E-state index in [0.717, 1.165) is 33.0 Å². The van der Waals surface area contributed by atoms with Gasteiger partial charge in [0, 0.05) is 11.1 Å². The molecule has 0 radical (unpaired) electrons. The van der Waals surface area contributed by atoms with Gasteiger partial charge in [0.05, 0.1) is 11.1 Å². The summed E-state index contributed by atoms with van der Waals surface area (Å²) in [6, 6.07) is 27.2. The van der Waals surface area contributed by atoms with E-state index in [-0.39, 0.29) is 0 Å². The third kappa shape index (κ3) is 2.29. The van der Waals surface area contributed by atoms with Crippen LogP contribution in [0.1, 0.15) is 20.7 Å². The second-order valence-corrected chi connectivity index (χ2v) is 6.45. The highest BCUT2D eigenvalue weighted by Crippen LogP contribution is 2.44. The number of cyclic esters (lactones) is 2. The third-order valence-corrected chi connectivity index (χ3v) is 4.93. The van der Waals surface area contributed by atoms with E-state index in [1.165, 1.54) is 0 Å². The van der Waals surface area contributed by atoms with Crippen LogP contribution in [0.5, 0.6) is 0 Å². The van der Waals surface area contributed by atoms with E-state index in [1.54, 1.807) is 0 Å². The van der Waals surface area contributed by atoms with Crippen LogP contribution in [0.15, 0.2) is 84.9 Å². The molecule has 0 aromatic heterocycles. The molecule has 4 aromatic rings. The van der Waals surface area contributed by atoms with Crippen molar-refractivity contribution >= 4 is 22.7 Å². The van der Waals surface area contributed by atoms with Crippen molar-refractivity contribution in [2.75, 3.05) is 0 Å². The molecule has 27 heavy (non-hydrogen) atoms. The van der Waals surface area contributed by atoms with Gasteiger partial charge in [-0.2, -0.15) is 0 Å². The average Bonchev–Trinajstić information content (AvgIpc) is 3.01. The molecule has 0 saturated heterocycles. The Kier molecular flexibility index (Phi) is 3.41. The van der Waals surface area contributed by atoms with Gasteiger partial charge in [-0.05, 0) is 21.9 Å². The largest absolute Gasteiger partial charge is 0.386 e. The molecule has 3 nitrogen and oxygen atoms in total. The smallest absolute Gasteiger partial charge is 0.347 e. The highest BCUT2D eigenvalue weighted by atomic mass is 16.6. The van der Waals surface area contributed by atoms with Crippen LogP contribution in [0.25, 0.3) is 33.0 Å². The van der Waals surface area contributed by atoms with Crippen molar-refractivity contribution in [3.63, 3.8) is 0 Å². The predicted molar refractivity (Wildman–Crippen MR) is 105 cm³/mol. The van der Waals surface area contributed by atoms with Crippen LogP contribution in [-0.2, 0) is 4.74 Å². The minimum atomic E-state index is -0.586. The Morgan fingerprint density at radius 3 is 1.22 bits per heavy atom. The Labute approximate surface area is 155 Å². The van der Waals surface area contributed by atoms with Crippen molar-refractivity contribution in [1.82, 2.24) is 0 Å². The molecule has 0 bridgehead atoms. The van der Waals surface area contributed by atoms with E-state index >= 15 is 0 Å². The molecular weight excluding hydrogens is 336 g/mol.